The topological polar surface area (TPSA) is 63.6 Å². The Morgan fingerprint density at radius 3 is 1.76 bits per heavy atom. The van der Waals surface area contributed by atoms with E-state index >= 15 is 0 Å². The molecule has 0 heterocycles. The number of rotatable bonds is 20. The van der Waals surface area contributed by atoms with Gasteiger partial charge in [-0.3, -0.25) is 9.59 Å². The predicted octanol–water partition coefficient (Wildman–Crippen LogP) is 8.63. The number of esters is 1. The number of allylic oxidation sites excluding steroid dienone is 1. The van der Waals surface area contributed by atoms with Gasteiger partial charge in [0.2, 0.25) is 0 Å². The maximum atomic E-state index is 13.1. The lowest BCUT2D eigenvalue weighted by Gasteiger charge is -2.34. The Bertz CT molecular complexity index is 556. The Labute approximate surface area is 203 Å². The van der Waals surface area contributed by atoms with Crippen molar-refractivity contribution in [1.82, 2.24) is 0 Å². The number of hydrogen-bond acceptors (Lipinski definition) is 3. The Morgan fingerprint density at radius 2 is 1.30 bits per heavy atom. The molecular formula is C29H52O4. The quantitative estimate of drug-likeness (QED) is 0.111. The van der Waals surface area contributed by atoms with Gasteiger partial charge in [-0.2, -0.15) is 0 Å². The summed E-state index contributed by atoms with van der Waals surface area (Å²) in [4.78, 5) is 24.9. The molecule has 1 rings (SSSR count). The second-order valence-corrected chi connectivity index (χ2v) is 10.4. The van der Waals surface area contributed by atoms with Crippen LogP contribution in [0.4, 0.5) is 0 Å². The van der Waals surface area contributed by atoms with E-state index in [4.69, 9.17) is 4.74 Å². The van der Waals surface area contributed by atoms with Crippen LogP contribution in [-0.4, -0.2) is 23.1 Å². The van der Waals surface area contributed by atoms with Gasteiger partial charge in [0.15, 0.2) is 0 Å². The third-order valence-electron chi connectivity index (χ3n) is 7.33. The van der Waals surface area contributed by atoms with Crippen LogP contribution in [0.3, 0.4) is 0 Å². The van der Waals surface area contributed by atoms with Crippen molar-refractivity contribution in [2.24, 2.45) is 11.3 Å². The van der Waals surface area contributed by atoms with Crippen LogP contribution in [0.1, 0.15) is 143 Å². The fourth-order valence-corrected chi connectivity index (χ4v) is 4.97. The van der Waals surface area contributed by atoms with Crippen molar-refractivity contribution < 1.29 is 19.4 Å². The van der Waals surface area contributed by atoms with Crippen molar-refractivity contribution in [3.63, 3.8) is 0 Å². The standard InChI is InChI=1S/C29H52O4/c1-4-6-8-10-12-13-14-16-18-22-25(21-17-15-11-9-7-5-2)33-28(32)29(3)24-20-19-23-26(29)27(30)31/h20,24-26H,4-19,21-23H2,1-3H3,(H,30,31). The lowest BCUT2D eigenvalue weighted by atomic mass is 9.71. The first-order valence-corrected chi connectivity index (χ1v) is 14.1. The molecule has 192 valence electrons. The third-order valence-corrected chi connectivity index (χ3v) is 7.33. The van der Waals surface area contributed by atoms with Gasteiger partial charge in [-0.1, -0.05) is 109 Å². The van der Waals surface area contributed by atoms with Crippen LogP contribution in [0.5, 0.6) is 0 Å². The normalized spacial score (nSPS) is 21.1. The molecule has 1 N–H and O–H groups in total. The summed E-state index contributed by atoms with van der Waals surface area (Å²) >= 11 is 0. The smallest absolute Gasteiger partial charge is 0.316 e. The summed E-state index contributed by atoms with van der Waals surface area (Å²) in [6.45, 7) is 6.22. The lowest BCUT2D eigenvalue weighted by Crippen LogP contribution is -2.42. The highest BCUT2D eigenvalue weighted by molar-refractivity contribution is 5.86. The summed E-state index contributed by atoms with van der Waals surface area (Å²) in [6, 6.07) is 0. The van der Waals surface area contributed by atoms with Crippen LogP contribution in [-0.2, 0) is 14.3 Å². The van der Waals surface area contributed by atoms with Crippen molar-refractivity contribution in [2.45, 2.75) is 149 Å². The first-order valence-electron chi connectivity index (χ1n) is 14.1. The molecule has 0 aromatic carbocycles. The van der Waals surface area contributed by atoms with Gasteiger partial charge >= 0.3 is 11.9 Å². The molecule has 4 heteroatoms. The number of hydrogen-bond donors (Lipinski definition) is 1. The van der Waals surface area contributed by atoms with Crippen molar-refractivity contribution in [2.75, 3.05) is 0 Å². The Hall–Kier alpha value is -1.32. The predicted molar refractivity (Wildman–Crippen MR) is 137 cm³/mol. The summed E-state index contributed by atoms with van der Waals surface area (Å²) in [5.41, 5.74) is -1.05. The van der Waals surface area contributed by atoms with E-state index in [9.17, 15) is 14.7 Å². The number of carbonyl (C=O) groups is 2. The fraction of sp³-hybridized carbons (Fsp3) is 0.862. The van der Waals surface area contributed by atoms with E-state index in [0.717, 1.165) is 25.7 Å². The Morgan fingerprint density at radius 1 is 0.848 bits per heavy atom. The molecule has 3 unspecified atom stereocenters. The second-order valence-electron chi connectivity index (χ2n) is 10.4. The molecule has 0 aliphatic heterocycles. The molecular weight excluding hydrogens is 412 g/mol. The van der Waals surface area contributed by atoms with Crippen LogP contribution in [0.25, 0.3) is 0 Å². The second kappa shape index (κ2) is 18.1. The van der Waals surface area contributed by atoms with Gasteiger partial charge in [0.1, 0.15) is 6.10 Å². The van der Waals surface area contributed by atoms with Crippen molar-refractivity contribution >= 4 is 11.9 Å². The maximum Gasteiger partial charge on any atom is 0.316 e. The highest BCUT2D eigenvalue weighted by Gasteiger charge is 2.46. The molecule has 1 aliphatic carbocycles. The molecule has 0 saturated carbocycles. The molecule has 3 atom stereocenters. The molecule has 0 bridgehead atoms. The first kappa shape index (κ1) is 29.7. The minimum absolute atomic E-state index is 0.0881. The number of carboxylic acid groups (broad SMARTS) is 1. The van der Waals surface area contributed by atoms with Crippen molar-refractivity contribution in [1.29, 1.82) is 0 Å². The van der Waals surface area contributed by atoms with E-state index in [0.29, 0.717) is 12.8 Å². The van der Waals surface area contributed by atoms with Gasteiger partial charge in [-0.15, -0.1) is 0 Å². The van der Waals surface area contributed by atoms with E-state index in [1.165, 1.54) is 83.5 Å². The van der Waals surface area contributed by atoms with E-state index in [1.54, 1.807) is 13.0 Å². The zero-order valence-corrected chi connectivity index (χ0v) is 21.9. The van der Waals surface area contributed by atoms with Crippen LogP contribution in [0, 0.1) is 11.3 Å². The molecule has 0 fully saturated rings. The van der Waals surface area contributed by atoms with Crippen LogP contribution >= 0.6 is 0 Å². The number of aliphatic carboxylic acids is 1. The van der Waals surface area contributed by atoms with Gasteiger partial charge in [0.25, 0.3) is 0 Å². The molecule has 0 aromatic heterocycles. The van der Waals surface area contributed by atoms with Crippen molar-refractivity contribution in [3.05, 3.63) is 12.2 Å². The van der Waals surface area contributed by atoms with E-state index in [1.807, 2.05) is 6.08 Å². The number of carbonyl (C=O) groups excluding carboxylic acids is 1. The average molecular weight is 465 g/mol. The monoisotopic (exact) mass is 464 g/mol. The molecule has 33 heavy (non-hydrogen) atoms. The summed E-state index contributed by atoms with van der Waals surface area (Å²) < 4.78 is 6.02. The van der Waals surface area contributed by atoms with Crippen molar-refractivity contribution in [3.8, 4) is 0 Å². The number of unbranched alkanes of at least 4 members (excludes halogenated alkanes) is 13. The van der Waals surface area contributed by atoms with Gasteiger partial charge < -0.3 is 9.84 Å². The number of carboxylic acids is 1. The molecule has 0 radical (unpaired) electrons. The average Bonchev–Trinajstić information content (AvgIpc) is 2.79. The summed E-state index contributed by atoms with van der Waals surface area (Å²) in [5, 5.41) is 9.65. The highest BCUT2D eigenvalue weighted by Crippen LogP contribution is 2.38. The Kier molecular flexibility index (Phi) is 16.3. The van der Waals surface area contributed by atoms with Gasteiger partial charge in [-0.25, -0.2) is 0 Å². The summed E-state index contributed by atoms with van der Waals surface area (Å²) in [5.74, 6) is -1.94. The maximum absolute atomic E-state index is 13.1. The zero-order valence-electron chi connectivity index (χ0n) is 21.9. The van der Waals surface area contributed by atoms with Crippen LogP contribution in [0.15, 0.2) is 12.2 Å². The number of ether oxygens (including phenoxy) is 1. The lowest BCUT2D eigenvalue weighted by molar-refractivity contribution is -0.168. The van der Waals surface area contributed by atoms with Crippen LogP contribution in [0.2, 0.25) is 0 Å². The van der Waals surface area contributed by atoms with E-state index in [-0.39, 0.29) is 12.1 Å². The van der Waals surface area contributed by atoms with Crippen LogP contribution < -0.4 is 0 Å². The van der Waals surface area contributed by atoms with E-state index < -0.39 is 17.3 Å². The minimum atomic E-state index is -1.05. The Balaban J connectivity index is 2.51. The molecule has 0 saturated heterocycles. The minimum Gasteiger partial charge on any atom is -0.481 e. The van der Waals surface area contributed by atoms with E-state index in [2.05, 4.69) is 13.8 Å². The first-order chi connectivity index (χ1) is 16.0. The third kappa shape index (κ3) is 12.1. The molecule has 0 spiro atoms. The summed E-state index contributed by atoms with van der Waals surface area (Å²) in [7, 11) is 0. The highest BCUT2D eigenvalue weighted by atomic mass is 16.5. The largest absolute Gasteiger partial charge is 0.481 e. The zero-order chi connectivity index (χ0) is 24.4. The SMILES string of the molecule is CCCCCCCCCCCC(CCCCCCCC)OC(=O)C1(C)C=CCCC1C(=O)O. The molecule has 4 nitrogen and oxygen atoms in total. The van der Waals surface area contributed by atoms with Gasteiger partial charge in [0, 0.05) is 0 Å². The molecule has 1 aliphatic rings. The summed E-state index contributed by atoms with van der Waals surface area (Å²) in [6.07, 6.45) is 25.4. The fourth-order valence-electron chi connectivity index (χ4n) is 4.97. The molecule has 0 amide bonds. The molecule has 0 aromatic rings. The van der Waals surface area contributed by atoms with Gasteiger partial charge in [-0.05, 0) is 45.4 Å². The van der Waals surface area contributed by atoms with Gasteiger partial charge in [0.05, 0.1) is 11.3 Å².